The van der Waals surface area contributed by atoms with Gasteiger partial charge >= 0.3 is 12.1 Å². The molecule has 0 spiro atoms. The Morgan fingerprint density at radius 1 is 1.14 bits per heavy atom. The lowest BCUT2D eigenvalue weighted by atomic mass is 10.0. The van der Waals surface area contributed by atoms with E-state index >= 15 is 0 Å². The molecule has 232 valence electrons. The summed E-state index contributed by atoms with van der Waals surface area (Å²) in [5.41, 5.74) is -1.64. The average Bonchev–Trinajstić information content (AvgIpc) is 3.66. The number of likely N-dealkylation sites (tertiary alicyclic amines) is 1. The van der Waals surface area contributed by atoms with Crippen molar-refractivity contribution >= 4 is 22.5 Å². The number of amides is 1. The van der Waals surface area contributed by atoms with Crippen LogP contribution in [0.5, 0.6) is 0 Å². The molecular formula is C27H30F6N8O2. The van der Waals surface area contributed by atoms with Crippen LogP contribution in [0.4, 0.5) is 32.0 Å². The second-order valence-electron chi connectivity index (χ2n) is 11.5. The molecule has 4 heterocycles. The van der Waals surface area contributed by atoms with Crippen molar-refractivity contribution in [2.45, 2.75) is 63.6 Å². The molecule has 1 amide bonds. The number of rotatable bonds is 7. The number of carbonyl (C=O) groups excluding carboxylic acids is 1. The zero-order valence-electron chi connectivity index (χ0n) is 23.7. The van der Waals surface area contributed by atoms with Gasteiger partial charge in [-0.3, -0.25) is 4.79 Å². The molecule has 0 aliphatic carbocycles. The van der Waals surface area contributed by atoms with Gasteiger partial charge < -0.3 is 24.6 Å². The topological polar surface area (TPSA) is 106 Å². The van der Waals surface area contributed by atoms with Crippen LogP contribution in [0, 0.1) is 0 Å². The summed E-state index contributed by atoms with van der Waals surface area (Å²) < 4.78 is 92.8. The van der Waals surface area contributed by atoms with Gasteiger partial charge in [0.2, 0.25) is 5.89 Å². The highest BCUT2D eigenvalue weighted by Crippen LogP contribution is 2.47. The second-order valence-corrected chi connectivity index (χ2v) is 11.5. The highest BCUT2D eigenvalue weighted by Gasteiger charge is 2.62. The van der Waals surface area contributed by atoms with Gasteiger partial charge in [-0.2, -0.15) is 36.7 Å². The Hall–Kier alpha value is -4.08. The highest BCUT2D eigenvalue weighted by atomic mass is 19.4. The van der Waals surface area contributed by atoms with Gasteiger partial charge in [0, 0.05) is 36.4 Å². The summed E-state index contributed by atoms with van der Waals surface area (Å²) >= 11 is 0. The van der Waals surface area contributed by atoms with Crippen LogP contribution in [-0.4, -0.2) is 73.8 Å². The van der Waals surface area contributed by atoms with E-state index in [0.29, 0.717) is 18.5 Å². The Labute approximate surface area is 242 Å². The Kier molecular flexibility index (Phi) is 7.69. The summed E-state index contributed by atoms with van der Waals surface area (Å²) in [4.78, 5) is 18.3. The molecule has 1 saturated heterocycles. The minimum Gasteiger partial charge on any atom is -0.377 e. The van der Waals surface area contributed by atoms with Crippen LogP contribution in [0.2, 0.25) is 0 Å². The summed E-state index contributed by atoms with van der Waals surface area (Å²) in [5, 5.41) is 12.5. The van der Waals surface area contributed by atoms with Crippen molar-refractivity contribution in [3.63, 3.8) is 0 Å². The fourth-order valence-electron chi connectivity index (χ4n) is 4.83. The fraction of sp³-hybridized carbons (Fsp3) is 0.481. The number of alkyl halides is 6. The van der Waals surface area contributed by atoms with Crippen molar-refractivity contribution < 1.29 is 35.7 Å². The third-order valence-corrected chi connectivity index (χ3v) is 7.22. The predicted molar refractivity (Wildman–Crippen MR) is 144 cm³/mol. The number of halogens is 6. The molecular weight excluding hydrogens is 582 g/mol. The van der Waals surface area contributed by atoms with Crippen LogP contribution < -0.4 is 10.6 Å². The number of nitrogens with one attached hydrogen (secondary N) is 2. The predicted octanol–water partition coefficient (Wildman–Crippen LogP) is 5.00. The molecule has 2 atom stereocenters. The first-order valence-corrected chi connectivity index (χ1v) is 13.4. The smallest absolute Gasteiger partial charge is 0.377 e. The summed E-state index contributed by atoms with van der Waals surface area (Å²) in [5.74, 6) is -6.82. The van der Waals surface area contributed by atoms with E-state index in [1.54, 1.807) is 30.4 Å². The lowest BCUT2D eigenvalue weighted by molar-refractivity contribution is -0.291. The fourth-order valence-corrected chi connectivity index (χ4v) is 4.83. The second kappa shape index (κ2) is 10.9. The van der Waals surface area contributed by atoms with Crippen molar-refractivity contribution in [2.75, 3.05) is 25.5 Å². The maximum atomic E-state index is 15.0. The summed E-state index contributed by atoms with van der Waals surface area (Å²) in [7, 11) is 1.75. The molecule has 1 aliphatic rings. The van der Waals surface area contributed by atoms with Crippen molar-refractivity contribution in [1.29, 1.82) is 0 Å². The number of anilines is 1. The van der Waals surface area contributed by atoms with E-state index in [0.717, 1.165) is 6.07 Å². The number of hydrogen-bond donors (Lipinski definition) is 2. The molecule has 0 bridgehead atoms. The normalized spacial score (nSPS) is 18.7. The molecule has 43 heavy (non-hydrogen) atoms. The third-order valence-electron chi connectivity index (χ3n) is 7.22. The van der Waals surface area contributed by atoms with E-state index in [-0.39, 0.29) is 40.4 Å². The van der Waals surface area contributed by atoms with E-state index in [1.807, 2.05) is 25.3 Å². The van der Waals surface area contributed by atoms with Gasteiger partial charge in [-0.15, -0.1) is 0 Å². The standard InChI is InChI=1S/C27H30F6N8O2/c1-25(2,3)40-11-8-15(13-40)23(42)34-12-20-36-24(38-43-20)41-22(26(29,30)27(31,32)33)16-6-5-7-19(21(16)37-41)35-18-9-10-39(4)14-17(18)28/h5-8,11,13,17-18,35H,9-10,12,14H2,1-4H3,(H,34,42)/t17-,18+/m0/s1. The summed E-state index contributed by atoms with van der Waals surface area (Å²) in [6, 6.07) is 4.65. The minimum atomic E-state index is -5.98. The maximum absolute atomic E-state index is 15.0. The molecule has 4 aromatic rings. The zero-order valence-corrected chi connectivity index (χ0v) is 23.7. The largest absolute Gasteiger partial charge is 0.459 e. The first kappa shape index (κ1) is 30.4. The minimum absolute atomic E-state index is 0.0749. The van der Waals surface area contributed by atoms with E-state index < -0.39 is 47.2 Å². The quantitative estimate of drug-likeness (QED) is 0.283. The molecule has 0 radical (unpaired) electrons. The van der Waals surface area contributed by atoms with E-state index in [2.05, 4.69) is 25.9 Å². The van der Waals surface area contributed by atoms with Crippen molar-refractivity contribution in [2.24, 2.45) is 0 Å². The van der Waals surface area contributed by atoms with E-state index in [1.165, 1.54) is 12.1 Å². The van der Waals surface area contributed by atoms with Crippen LogP contribution in [0.1, 0.15) is 49.1 Å². The molecule has 5 rings (SSSR count). The number of nitrogens with zero attached hydrogens (tertiary/aromatic N) is 6. The molecule has 10 nitrogen and oxygen atoms in total. The third kappa shape index (κ3) is 5.92. The highest BCUT2D eigenvalue weighted by molar-refractivity contribution is 5.94. The van der Waals surface area contributed by atoms with Crippen LogP contribution in [0.25, 0.3) is 16.9 Å². The Morgan fingerprint density at radius 2 is 1.88 bits per heavy atom. The van der Waals surface area contributed by atoms with Gasteiger partial charge in [0.05, 0.1) is 23.8 Å². The Balaban J connectivity index is 1.46. The van der Waals surface area contributed by atoms with Gasteiger partial charge in [-0.05, 0) is 51.5 Å². The first-order valence-electron chi connectivity index (χ1n) is 13.4. The molecule has 3 aromatic heterocycles. The van der Waals surface area contributed by atoms with Gasteiger partial charge in [-0.25, -0.2) is 4.39 Å². The number of hydrogen-bond acceptors (Lipinski definition) is 7. The number of benzene rings is 1. The summed E-state index contributed by atoms with van der Waals surface area (Å²) in [6.07, 6.45) is -3.55. The molecule has 1 aliphatic heterocycles. The number of carbonyl (C=O) groups is 1. The number of fused-ring (bicyclic) bond motifs is 1. The Morgan fingerprint density at radius 3 is 2.53 bits per heavy atom. The van der Waals surface area contributed by atoms with Gasteiger partial charge in [-0.1, -0.05) is 12.1 Å². The average molecular weight is 613 g/mol. The first-order chi connectivity index (χ1) is 20.1. The van der Waals surface area contributed by atoms with Gasteiger partial charge in [0.25, 0.3) is 11.9 Å². The number of aromatic nitrogens is 5. The lowest BCUT2D eigenvalue weighted by Crippen LogP contribution is -2.46. The lowest BCUT2D eigenvalue weighted by Gasteiger charge is -2.33. The van der Waals surface area contributed by atoms with Gasteiger partial charge in [0.1, 0.15) is 17.4 Å². The molecule has 0 saturated carbocycles. The monoisotopic (exact) mass is 612 g/mol. The van der Waals surface area contributed by atoms with Crippen LogP contribution in [-0.2, 0) is 18.0 Å². The van der Waals surface area contributed by atoms with Crippen molar-refractivity contribution in [3.8, 4) is 5.95 Å². The number of piperidine rings is 1. The van der Waals surface area contributed by atoms with E-state index in [4.69, 9.17) is 4.52 Å². The van der Waals surface area contributed by atoms with E-state index in [9.17, 15) is 31.1 Å². The molecule has 2 N–H and O–H groups in total. The summed E-state index contributed by atoms with van der Waals surface area (Å²) in [6.45, 7) is 6.22. The maximum Gasteiger partial charge on any atom is 0.459 e. The SMILES string of the molecule is CN1CC[C@@H](Nc2cccc3c(C(F)(F)C(F)(F)F)n(-c4noc(CNC(=O)c5ccn(C(C)(C)C)c5)n4)nc23)[C@@H](F)C1. The van der Waals surface area contributed by atoms with Crippen molar-refractivity contribution in [3.05, 3.63) is 53.8 Å². The van der Waals surface area contributed by atoms with Crippen LogP contribution in [0.15, 0.2) is 41.2 Å². The molecule has 1 fully saturated rings. The van der Waals surface area contributed by atoms with Gasteiger partial charge in [0.15, 0.2) is 0 Å². The molecule has 16 heteroatoms. The van der Waals surface area contributed by atoms with Crippen LogP contribution >= 0.6 is 0 Å². The molecule has 0 unspecified atom stereocenters. The zero-order chi connectivity index (χ0) is 31.3. The molecule has 1 aromatic carbocycles. The van der Waals surface area contributed by atoms with Crippen molar-refractivity contribution in [1.82, 2.24) is 34.7 Å². The Bertz CT molecular complexity index is 1620. The van der Waals surface area contributed by atoms with Crippen LogP contribution in [0.3, 0.4) is 0 Å².